The third kappa shape index (κ3) is 3.55. The normalized spacial score (nSPS) is 12.7. The van der Waals surface area contributed by atoms with Crippen LogP contribution in [0.1, 0.15) is 5.56 Å². The third-order valence-electron chi connectivity index (χ3n) is 2.28. The molecule has 1 aromatic rings. The van der Waals surface area contributed by atoms with Crippen molar-refractivity contribution in [2.45, 2.75) is 13.1 Å². The lowest BCUT2D eigenvalue weighted by atomic mass is 10.2. The van der Waals surface area contributed by atoms with Gasteiger partial charge in [-0.15, -0.1) is 0 Å². The monoisotopic (exact) mass is 259 g/mol. The third-order valence-corrected chi connectivity index (χ3v) is 2.28. The van der Waals surface area contributed by atoms with Crippen molar-refractivity contribution in [1.82, 2.24) is 0 Å². The summed E-state index contributed by atoms with van der Waals surface area (Å²) < 4.78 is 47.0. The minimum absolute atomic E-state index is 0.188. The number of ether oxygens (including phenoxy) is 2. The quantitative estimate of drug-likeness (QED) is 0.834. The predicted octanol–water partition coefficient (Wildman–Crippen LogP) is 3.08. The van der Waals surface area contributed by atoms with Gasteiger partial charge in [0.1, 0.15) is 6.61 Å². The van der Waals surface area contributed by atoms with Crippen LogP contribution >= 0.6 is 0 Å². The molecular weight excluding hydrogens is 247 g/mol. The lowest BCUT2D eigenvalue weighted by Gasteiger charge is -2.16. The molecule has 1 unspecified atom stereocenters. The van der Waals surface area contributed by atoms with Crippen LogP contribution in [0.2, 0.25) is 0 Å². The Balaban J connectivity index is 2.78. The number of nitrogens with zero attached hydrogens (tertiary/aromatic N) is 1. The number of halogens is 3. The molecule has 0 bridgehead atoms. The van der Waals surface area contributed by atoms with Gasteiger partial charge in [-0.3, -0.25) is 0 Å². The number of hydrogen-bond donors (Lipinski definition) is 0. The molecule has 1 atom stereocenters. The molecule has 0 aliphatic rings. The largest absolute Gasteiger partial charge is 0.493 e. The second kappa shape index (κ2) is 5.63. The molecule has 6 heteroatoms. The molecular formula is C12H12F3NO2. The molecule has 0 radical (unpaired) electrons. The Kier molecular flexibility index (Phi) is 4.43. The Labute approximate surface area is 103 Å². The van der Waals surface area contributed by atoms with Crippen molar-refractivity contribution in [3.63, 3.8) is 0 Å². The summed E-state index contributed by atoms with van der Waals surface area (Å²) in [6.07, 6.45) is -4.59. The van der Waals surface area contributed by atoms with E-state index in [1.165, 1.54) is 19.2 Å². The van der Waals surface area contributed by atoms with Crippen molar-refractivity contribution in [1.29, 1.82) is 5.26 Å². The van der Waals surface area contributed by atoms with Crippen molar-refractivity contribution < 1.29 is 22.6 Å². The second-order valence-electron chi connectivity index (χ2n) is 3.69. The zero-order valence-electron chi connectivity index (χ0n) is 9.91. The minimum atomic E-state index is -4.59. The zero-order valence-corrected chi connectivity index (χ0v) is 9.91. The average Bonchev–Trinajstić information content (AvgIpc) is 2.29. The van der Waals surface area contributed by atoms with Gasteiger partial charge >= 0.3 is 6.18 Å². The summed E-state index contributed by atoms with van der Waals surface area (Å²) in [6, 6.07) is 6.01. The Hall–Kier alpha value is -1.90. The lowest BCUT2D eigenvalue weighted by molar-refractivity contribution is -0.165. The molecule has 3 nitrogen and oxygen atoms in total. The van der Waals surface area contributed by atoms with E-state index in [0.717, 1.165) is 5.56 Å². The molecule has 0 aliphatic carbocycles. The minimum Gasteiger partial charge on any atom is -0.493 e. The van der Waals surface area contributed by atoms with Crippen LogP contribution in [-0.2, 0) is 0 Å². The van der Waals surface area contributed by atoms with Crippen LogP contribution in [0.4, 0.5) is 13.2 Å². The lowest BCUT2D eigenvalue weighted by Crippen LogP contribution is -2.27. The van der Waals surface area contributed by atoms with Crippen LogP contribution in [0.15, 0.2) is 18.2 Å². The molecule has 1 aromatic carbocycles. The van der Waals surface area contributed by atoms with Gasteiger partial charge in [0.25, 0.3) is 0 Å². The first-order valence-electron chi connectivity index (χ1n) is 5.12. The zero-order chi connectivity index (χ0) is 13.8. The first-order chi connectivity index (χ1) is 8.38. The Morgan fingerprint density at radius 2 is 2.00 bits per heavy atom. The number of hydrogen-bond acceptors (Lipinski definition) is 3. The smallest absolute Gasteiger partial charge is 0.407 e. The Morgan fingerprint density at radius 3 is 2.50 bits per heavy atom. The fraction of sp³-hybridized carbons (Fsp3) is 0.417. The average molecular weight is 259 g/mol. The van der Waals surface area contributed by atoms with E-state index in [0.29, 0.717) is 5.75 Å². The summed E-state index contributed by atoms with van der Waals surface area (Å²) in [6.45, 7) is 1.07. The number of methoxy groups -OCH3 is 1. The summed E-state index contributed by atoms with van der Waals surface area (Å²) in [5.74, 6) is -1.62. The van der Waals surface area contributed by atoms with Gasteiger partial charge in [0.15, 0.2) is 17.4 Å². The molecule has 0 spiro atoms. The Morgan fingerprint density at radius 1 is 1.33 bits per heavy atom. The molecule has 0 N–H and O–H groups in total. The van der Waals surface area contributed by atoms with E-state index in [-0.39, 0.29) is 5.75 Å². The maximum absolute atomic E-state index is 12.3. The fourth-order valence-corrected chi connectivity index (χ4v) is 1.27. The Bertz CT molecular complexity index is 452. The summed E-state index contributed by atoms with van der Waals surface area (Å²) in [5.41, 5.74) is 0.895. The molecule has 18 heavy (non-hydrogen) atoms. The van der Waals surface area contributed by atoms with Crippen molar-refractivity contribution in [2.24, 2.45) is 5.92 Å². The summed E-state index contributed by atoms with van der Waals surface area (Å²) in [4.78, 5) is 0. The van der Waals surface area contributed by atoms with E-state index in [1.54, 1.807) is 12.1 Å². The highest BCUT2D eigenvalue weighted by atomic mass is 19.4. The van der Waals surface area contributed by atoms with Gasteiger partial charge in [0.05, 0.1) is 13.2 Å². The molecule has 0 aliphatic heterocycles. The van der Waals surface area contributed by atoms with Gasteiger partial charge in [-0.25, -0.2) is 0 Å². The number of benzene rings is 1. The number of alkyl halides is 3. The topological polar surface area (TPSA) is 42.2 Å². The molecule has 0 aromatic heterocycles. The first kappa shape index (κ1) is 14.2. The molecule has 98 valence electrons. The van der Waals surface area contributed by atoms with Gasteiger partial charge in [-0.1, -0.05) is 6.07 Å². The summed E-state index contributed by atoms with van der Waals surface area (Å²) in [5, 5.41) is 8.43. The highest BCUT2D eigenvalue weighted by Crippen LogP contribution is 2.31. The highest BCUT2D eigenvalue weighted by molar-refractivity contribution is 5.42. The van der Waals surface area contributed by atoms with Gasteiger partial charge in [-0.2, -0.15) is 18.4 Å². The molecule has 0 fully saturated rings. The van der Waals surface area contributed by atoms with Crippen LogP contribution in [0, 0.1) is 24.2 Å². The van der Waals surface area contributed by atoms with Crippen molar-refractivity contribution >= 4 is 0 Å². The molecule has 0 amide bonds. The molecule has 1 rings (SSSR count). The van der Waals surface area contributed by atoms with E-state index in [2.05, 4.69) is 0 Å². The van der Waals surface area contributed by atoms with Crippen molar-refractivity contribution in [2.75, 3.05) is 13.7 Å². The van der Waals surface area contributed by atoms with E-state index >= 15 is 0 Å². The van der Waals surface area contributed by atoms with E-state index in [1.807, 2.05) is 6.92 Å². The highest BCUT2D eigenvalue weighted by Gasteiger charge is 2.40. The summed E-state index contributed by atoms with van der Waals surface area (Å²) in [7, 11) is 1.40. The van der Waals surface area contributed by atoms with Gasteiger partial charge in [0, 0.05) is 0 Å². The van der Waals surface area contributed by atoms with Gasteiger partial charge < -0.3 is 9.47 Å². The van der Waals surface area contributed by atoms with E-state index in [9.17, 15) is 13.2 Å². The number of rotatable bonds is 4. The molecule has 0 saturated heterocycles. The maximum atomic E-state index is 12.3. The SMILES string of the molecule is COc1cc(C)ccc1OCC(C#N)C(F)(F)F. The first-order valence-corrected chi connectivity index (χ1v) is 5.12. The van der Waals surface area contributed by atoms with Crippen LogP contribution in [0.3, 0.4) is 0 Å². The number of nitriles is 1. The molecule has 0 saturated carbocycles. The number of aryl methyl sites for hydroxylation is 1. The van der Waals surface area contributed by atoms with Crippen LogP contribution in [-0.4, -0.2) is 19.9 Å². The van der Waals surface area contributed by atoms with E-state index in [4.69, 9.17) is 14.7 Å². The standard InChI is InChI=1S/C12H12F3NO2/c1-8-3-4-10(11(5-8)17-2)18-7-9(6-16)12(13,14)15/h3-5,9H,7H2,1-2H3. The summed E-state index contributed by atoms with van der Waals surface area (Å²) >= 11 is 0. The van der Waals surface area contributed by atoms with Crippen molar-refractivity contribution in [3.05, 3.63) is 23.8 Å². The van der Waals surface area contributed by atoms with Crippen LogP contribution in [0.5, 0.6) is 11.5 Å². The van der Waals surface area contributed by atoms with E-state index < -0.39 is 18.7 Å². The second-order valence-corrected chi connectivity index (χ2v) is 3.69. The predicted molar refractivity (Wildman–Crippen MR) is 58.4 cm³/mol. The maximum Gasteiger partial charge on any atom is 0.407 e. The van der Waals surface area contributed by atoms with Crippen LogP contribution in [0.25, 0.3) is 0 Å². The van der Waals surface area contributed by atoms with Crippen LogP contribution < -0.4 is 9.47 Å². The van der Waals surface area contributed by atoms with Crippen molar-refractivity contribution in [3.8, 4) is 17.6 Å². The van der Waals surface area contributed by atoms with Gasteiger partial charge in [-0.05, 0) is 24.6 Å². The fourth-order valence-electron chi connectivity index (χ4n) is 1.27. The molecule has 0 heterocycles. The van der Waals surface area contributed by atoms with Gasteiger partial charge in [0.2, 0.25) is 0 Å².